The summed E-state index contributed by atoms with van der Waals surface area (Å²) in [5.74, 6) is -2.43. The first-order valence-corrected chi connectivity index (χ1v) is 4.01. The Bertz CT molecular complexity index is 163. The van der Waals surface area contributed by atoms with Crippen LogP contribution in [0.15, 0.2) is 0 Å². The summed E-state index contributed by atoms with van der Waals surface area (Å²) in [6.45, 7) is 2.80. The molecule has 0 aromatic heterocycles. The monoisotopic (exact) mass is 284 g/mol. The topological polar surface area (TPSA) is 215 Å². The number of hydrogen-bond acceptors (Lipinski definition) is 6. The molecule has 0 bridgehead atoms. The molecule has 0 amide bonds. The van der Waals surface area contributed by atoms with Crippen LogP contribution in [0.5, 0.6) is 0 Å². The fourth-order valence-corrected chi connectivity index (χ4v) is 0.482. The van der Waals surface area contributed by atoms with Crippen LogP contribution in [0.1, 0.15) is 26.7 Å². The Hall–Kier alpha value is -0.494. The first-order valence-electron chi connectivity index (χ1n) is 4.01. The third-order valence-electron chi connectivity index (χ3n) is 0.924. The van der Waals surface area contributed by atoms with E-state index in [0.717, 1.165) is 0 Å². The number of carbonyl (C=O) groups is 2. The van der Waals surface area contributed by atoms with E-state index in [9.17, 15) is 19.8 Å². The molecule has 0 aromatic carbocycles. The van der Waals surface area contributed by atoms with Crippen molar-refractivity contribution >= 4 is 35.0 Å². The van der Waals surface area contributed by atoms with Crippen LogP contribution in [-0.2, 0) is 9.59 Å². The summed E-state index contributed by atoms with van der Waals surface area (Å²) in [5, 5.41) is 35.7. The summed E-state index contributed by atoms with van der Waals surface area (Å²) in [6, 6.07) is 0. The van der Waals surface area contributed by atoms with E-state index in [4.69, 9.17) is 10.2 Å². The van der Waals surface area contributed by atoms with Gasteiger partial charge < -0.3 is 46.4 Å². The van der Waals surface area contributed by atoms with Gasteiger partial charge in [0.15, 0.2) is 0 Å². The second-order valence-corrected chi connectivity index (χ2v) is 2.85. The van der Waals surface area contributed by atoms with Gasteiger partial charge in [0.1, 0.15) is 0 Å². The summed E-state index contributed by atoms with van der Waals surface area (Å²) in [4.78, 5) is 19.1. The number of carboxylic acids is 2. The number of carboxylic acid groups (broad SMARTS) is 2. The van der Waals surface area contributed by atoms with Crippen LogP contribution in [0.3, 0.4) is 0 Å². The summed E-state index contributed by atoms with van der Waals surface area (Å²) in [5.41, 5.74) is 0. The van der Waals surface area contributed by atoms with Crippen LogP contribution < -0.4 is 10.2 Å². The minimum atomic E-state index is -1.21. The maximum atomic E-state index is 9.54. The van der Waals surface area contributed by atoms with Gasteiger partial charge in [-0.05, 0) is 13.8 Å². The van der Waals surface area contributed by atoms with Crippen molar-refractivity contribution in [1.29, 1.82) is 0 Å². The number of carbonyl (C=O) groups excluding carboxylic acids is 2. The third kappa shape index (κ3) is 57.9. The van der Waals surface area contributed by atoms with E-state index in [-0.39, 0.29) is 52.3 Å². The van der Waals surface area contributed by atoms with Crippen molar-refractivity contribution in [3.05, 3.63) is 0 Å². The minimum absolute atomic E-state index is 0. The molecule has 2 unspecified atom stereocenters. The van der Waals surface area contributed by atoms with E-state index >= 15 is 0 Å². The first kappa shape index (κ1) is 36.0. The summed E-state index contributed by atoms with van der Waals surface area (Å²) in [7, 11) is 0. The molecular weight excluding hydrogens is 264 g/mol. The Morgan fingerprint density at radius 1 is 0.889 bits per heavy atom. The van der Waals surface area contributed by atoms with Crippen molar-refractivity contribution in [2.75, 3.05) is 0 Å². The summed E-state index contributed by atoms with van der Waals surface area (Å²) < 4.78 is 0. The van der Waals surface area contributed by atoms with Crippen LogP contribution in [0.25, 0.3) is 0 Å². The van der Waals surface area contributed by atoms with Crippen LogP contribution in [0.2, 0.25) is 0 Å². The number of aliphatic carboxylic acids is 2. The Balaban J connectivity index is -0.0000000327. The molecule has 108 valence electrons. The van der Waals surface area contributed by atoms with Crippen LogP contribution >= 0.6 is 0 Å². The predicted octanol–water partition coefficient (Wildman–Crippen LogP) is -5.84. The molecule has 9 nitrogen and oxygen atoms in total. The van der Waals surface area contributed by atoms with Crippen molar-refractivity contribution in [3.8, 4) is 0 Å². The molecule has 0 radical (unpaired) electrons. The number of rotatable bonds is 4. The van der Waals surface area contributed by atoms with Crippen molar-refractivity contribution in [2.24, 2.45) is 0 Å². The summed E-state index contributed by atoms with van der Waals surface area (Å²) >= 11 is 0. The zero-order chi connectivity index (χ0) is 11.7. The second-order valence-electron chi connectivity index (χ2n) is 2.85. The van der Waals surface area contributed by atoms with Gasteiger partial charge in [0.25, 0.3) is 0 Å². The Kier molecular flexibility index (Phi) is 43.5. The first-order chi connectivity index (χ1) is 6.25. The average Bonchev–Trinajstić information content (AvgIpc) is 1.79. The van der Waals surface area contributed by atoms with Gasteiger partial charge in [0.2, 0.25) is 0 Å². The van der Waals surface area contributed by atoms with Crippen LogP contribution in [-0.4, -0.2) is 73.8 Å². The zero-order valence-corrected chi connectivity index (χ0v) is 11.7. The predicted molar refractivity (Wildman–Crippen MR) is 59.2 cm³/mol. The van der Waals surface area contributed by atoms with E-state index in [1.165, 1.54) is 13.8 Å². The van der Waals surface area contributed by atoms with Gasteiger partial charge in [-0.25, -0.2) is 0 Å². The molecule has 18 heavy (non-hydrogen) atoms. The molecule has 2 atom stereocenters. The van der Waals surface area contributed by atoms with Gasteiger partial charge in [-0.1, -0.05) is 0 Å². The zero-order valence-electron chi connectivity index (χ0n) is 10.3. The summed E-state index contributed by atoms with van der Waals surface area (Å²) in [6.07, 6.45) is -2.13. The van der Waals surface area contributed by atoms with Gasteiger partial charge in [-0.15, -0.1) is 0 Å². The number of aliphatic hydroxyl groups is 2. The van der Waals surface area contributed by atoms with E-state index < -0.39 is 24.1 Å². The quantitative estimate of drug-likeness (QED) is 0.478. The van der Waals surface area contributed by atoms with E-state index in [1.807, 2.05) is 0 Å². The number of aliphatic hydroxyl groups excluding tert-OH is 2. The van der Waals surface area contributed by atoms with E-state index in [1.54, 1.807) is 0 Å². The average molecular weight is 285 g/mol. The maximum absolute atomic E-state index is 9.54. The van der Waals surface area contributed by atoms with E-state index in [0.29, 0.717) is 0 Å². The largest absolute Gasteiger partial charge is 2.00 e. The second kappa shape index (κ2) is 21.8. The third-order valence-corrected chi connectivity index (χ3v) is 0.924. The molecule has 0 aliphatic carbocycles. The Morgan fingerprint density at radius 2 is 1.06 bits per heavy atom. The van der Waals surface area contributed by atoms with E-state index in [2.05, 4.69) is 0 Å². The molecule has 10 heteroatoms. The Morgan fingerprint density at radius 3 is 1.06 bits per heavy atom. The fraction of sp³-hybridized carbons (Fsp3) is 0.750. The Labute approximate surface area is 121 Å². The molecule has 0 aliphatic heterocycles. The van der Waals surface area contributed by atoms with Crippen LogP contribution in [0, 0.1) is 0 Å². The molecule has 8 N–H and O–H groups in total. The van der Waals surface area contributed by atoms with Crippen molar-refractivity contribution in [2.45, 2.75) is 38.9 Å². The number of hydrogen-bond donors (Lipinski definition) is 2. The van der Waals surface area contributed by atoms with Gasteiger partial charge in [0, 0.05) is 24.8 Å². The smallest absolute Gasteiger partial charge is 0.550 e. The molecule has 0 fully saturated rings. The SMILES string of the molecule is CC(O)CC(=O)[O-].CC(O)CC(=O)[O-].O.O.O.[Mg+2]. The van der Waals surface area contributed by atoms with Gasteiger partial charge in [-0.3, -0.25) is 0 Å². The van der Waals surface area contributed by atoms with Crippen LogP contribution in [0.4, 0.5) is 0 Å². The molecule has 0 aliphatic rings. The molecular formula is C8H20MgO9. The van der Waals surface area contributed by atoms with Gasteiger partial charge in [-0.2, -0.15) is 0 Å². The van der Waals surface area contributed by atoms with Crippen molar-refractivity contribution in [1.82, 2.24) is 0 Å². The molecule has 0 saturated heterocycles. The molecule has 0 spiro atoms. The van der Waals surface area contributed by atoms with Gasteiger partial charge in [0.05, 0.1) is 12.2 Å². The van der Waals surface area contributed by atoms with Crippen molar-refractivity contribution in [3.63, 3.8) is 0 Å². The molecule has 0 aromatic rings. The van der Waals surface area contributed by atoms with Gasteiger partial charge >= 0.3 is 23.1 Å². The fourth-order valence-electron chi connectivity index (χ4n) is 0.482. The molecule has 0 heterocycles. The molecule has 0 rings (SSSR count). The maximum Gasteiger partial charge on any atom is 2.00 e. The standard InChI is InChI=1S/2C4H8O3.Mg.3H2O/c2*1-3(5)2-4(6)7;;;;/h2*3,5H,2H2,1H3,(H,6,7);;3*1H2/q;;+2;;;/p-2. The normalized spacial score (nSPS) is 10.4. The van der Waals surface area contributed by atoms with Crippen molar-refractivity contribution < 1.29 is 46.4 Å². The molecule has 0 saturated carbocycles. The minimum Gasteiger partial charge on any atom is -0.550 e.